The van der Waals surface area contributed by atoms with Crippen LogP contribution in [0.1, 0.15) is 120 Å². The molecule has 0 aliphatic heterocycles. The average molecular weight is 437 g/mol. The Morgan fingerprint density at radius 1 is 0.967 bits per heavy atom. The van der Waals surface area contributed by atoms with E-state index in [1.807, 2.05) is 27.7 Å². The van der Waals surface area contributed by atoms with Crippen LogP contribution in [0.2, 0.25) is 0 Å². The molecule has 0 saturated heterocycles. The van der Waals surface area contributed by atoms with E-state index in [-0.39, 0.29) is 4.93 Å². The smallest absolute Gasteiger partial charge is 0.105 e. The van der Waals surface area contributed by atoms with Crippen molar-refractivity contribution in [3.63, 3.8) is 0 Å². The lowest BCUT2D eigenvalue weighted by molar-refractivity contribution is -0.186. The van der Waals surface area contributed by atoms with Crippen molar-refractivity contribution in [1.29, 1.82) is 0 Å². The summed E-state index contributed by atoms with van der Waals surface area (Å²) >= 11 is 4.78. The first-order valence-corrected chi connectivity index (χ1v) is 13.7. The van der Waals surface area contributed by atoms with Crippen LogP contribution >= 0.6 is 12.6 Å². The van der Waals surface area contributed by atoms with Gasteiger partial charge in [-0.1, -0.05) is 66.0 Å². The summed E-state index contributed by atoms with van der Waals surface area (Å²) in [5, 5.41) is 0. The molecular weight excluding hydrogens is 384 g/mol. The van der Waals surface area contributed by atoms with Gasteiger partial charge in [0.2, 0.25) is 0 Å². The zero-order valence-corrected chi connectivity index (χ0v) is 22.6. The molecule has 0 N–H and O–H groups in total. The van der Waals surface area contributed by atoms with Gasteiger partial charge in [-0.25, -0.2) is 0 Å². The van der Waals surface area contributed by atoms with Gasteiger partial charge in [-0.15, -0.1) is 12.6 Å². The Kier molecular flexibility index (Phi) is 9.05. The van der Waals surface area contributed by atoms with Gasteiger partial charge in [-0.2, -0.15) is 0 Å². The van der Waals surface area contributed by atoms with Crippen LogP contribution < -0.4 is 0 Å². The van der Waals surface area contributed by atoms with Crippen LogP contribution in [0.5, 0.6) is 0 Å². The van der Waals surface area contributed by atoms with Crippen molar-refractivity contribution >= 4 is 12.6 Å². The number of hydrogen-bond acceptors (Lipinski definition) is 2. The molecule has 0 aromatic rings. The second-order valence-electron chi connectivity index (χ2n) is 10.9. The minimum absolute atomic E-state index is 0.326. The molecule has 0 bridgehead atoms. The van der Waals surface area contributed by atoms with Crippen LogP contribution in [0.3, 0.4) is 0 Å². The van der Waals surface area contributed by atoms with Gasteiger partial charge in [0.1, 0.15) is 4.93 Å². The second-order valence-corrected chi connectivity index (χ2v) is 12.0. The number of rotatable bonds is 2. The number of fused-ring (bicyclic) bond motifs is 5. The molecule has 4 fully saturated rings. The molecule has 0 radical (unpaired) electrons. The molecule has 2 heteroatoms. The van der Waals surface area contributed by atoms with Gasteiger partial charge < -0.3 is 4.74 Å². The van der Waals surface area contributed by atoms with Crippen molar-refractivity contribution in [2.45, 2.75) is 131 Å². The van der Waals surface area contributed by atoms with E-state index in [2.05, 4.69) is 40.7 Å². The molecule has 4 aliphatic rings. The quantitative estimate of drug-likeness (QED) is 0.258. The predicted molar refractivity (Wildman–Crippen MR) is 136 cm³/mol. The fourth-order valence-corrected chi connectivity index (χ4v) is 8.18. The monoisotopic (exact) mass is 436 g/mol. The molecule has 30 heavy (non-hydrogen) atoms. The van der Waals surface area contributed by atoms with Crippen LogP contribution in [-0.4, -0.2) is 11.0 Å². The number of thiol groups is 1. The molecular formula is C28H52OS. The minimum atomic E-state index is -0.326. The van der Waals surface area contributed by atoms with Crippen LogP contribution in [0.4, 0.5) is 0 Å². The molecule has 7 unspecified atom stereocenters. The van der Waals surface area contributed by atoms with Crippen molar-refractivity contribution in [1.82, 2.24) is 0 Å². The summed E-state index contributed by atoms with van der Waals surface area (Å²) in [6, 6.07) is 0. The normalized spacial score (nSPS) is 43.9. The molecule has 7 atom stereocenters. The van der Waals surface area contributed by atoms with E-state index in [4.69, 9.17) is 17.4 Å². The molecule has 0 heterocycles. The average Bonchev–Trinajstić information content (AvgIpc) is 3.06. The van der Waals surface area contributed by atoms with Crippen LogP contribution in [0.25, 0.3) is 0 Å². The van der Waals surface area contributed by atoms with E-state index in [9.17, 15) is 0 Å². The van der Waals surface area contributed by atoms with Crippen LogP contribution in [-0.2, 0) is 4.74 Å². The van der Waals surface area contributed by atoms with Crippen LogP contribution in [0.15, 0.2) is 11.6 Å². The lowest BCUT2D eigenvalue weighted by Gasteiger charge is -2.62. The van der Waals surface area contributed by atoms with Crippen molar-refractivity contribution in [3.8, 4) is 0 Å². The predicted octanol–water partition coefficient (Wildman–Crippen LogP) is 9.08. The molecule has 0 aromatic heterocycles. The summed E-state index contributed by atoms with van der Waals surface area (Å²) in [5.74, 6) is 3.27. The van der Waals surface area contributed by atoms with E-state index in [1.54, 1.807) is 5.57 Å². The zero-order valence-electron chi connectivity index (χ0n) is 21.7. The maximum absolute atomic E-state index is 6.71. The largest absolute Gasteiger partial charge is 0.362 e. The molecule has 176 valence electrons. The summed E-state index contributed by atoms with van der Waals surface area (Å²) in [5.41, 5.74) is 2.72. The van der Waals surface area contributed by atoms with Gasteiger partial charge in [0.25, 0.3) is 0 Å². The van der Waals surface area contributed by atoms with Crippen molar-refractivity contribution in [2.75, 3.05) is 0 Å². The topological polar surface area (TPSA) is 9.23 Å². The van der Waals surface area contributed by atoms with E-state index in [0.29, 0.717) is 16.9 Å². The minimum Gasteiger partial charge on any atom is -0.362 e. The number of ether oxygens (including phenoxy) is 1. The summed E-state index contributed by atoms with van der Waals surface area (Å²) in [6.07, 6.45) is 15.4. The Morgan fingerprint density at radius 3 is 2.23 bits per heavy atom. The van der Waals surface area contributed by atoms with Gasteiger partial charge in [-0.05, 0) is 100 Å². The highest BCUT2D eigenvalue weighted by Crippen LogP contribution is 2.67. The lowest BCUT2D eigenvalue weighted by Crippen LogP contribution is -2.58. The maximum atomic E-state index is 6.71. The highest BCUT2D eigenvalue weighted by Gasteiger charge is 2.61. The van der Waals surface area contributed by atoms with Gasteiger partial charge in [0.05, 0.1) is 6.10 Å². The first-order chi connectivity index (χ1) is 14.2. The third-order valence-electron chi connectivity index (χ3n) is 9.21. The zero-order chi connectivity index (χ0) is 22.7. The third kappa shape index (κ3) is 4.70. The molecule has 1 nitrogen and oxygen atoms in total. The highest BCUT2D eigenvalue weighted by molar-refractivity contribution is 7.81. The summed E-state index contributed by atoms with van der Waals surface area (Å²) < 4.78 is 6.71. The fourth-order valence-electron chi connectivity index (χ4n) is 8.05. The Bertz CT molecular complexity index is 576. The SMILES string of the molecule is C/C=C1\CCC2C3C(OC(C)(C)S)CC4CCCCC4(C)C3CCC12C.CC.CC. The highest BCUT2D eigenvalue weighted by atomic mass is 32.1. The van der Waals surface area contributed by atoms with Crippen LogP contribution in [0, 0.1) is 34.5 Å². The molecule has 4 aliphatic carbocycles. The van der Waals surface area contributed by atoms with Gasteiger partial charge in [0.15, 0.2) is 0 Å². The van der Waals surface area contributed by atoms with E-state index in [1.165, 1.54) is 57.8 Å². The summed E-state index contributed by atoms with van der Waals surface area (Å²) in [6.45, 7) is 19.8. The maximum Gasteiger partial charge on any atom is 0.105 e. The van der Waals surface area contributed by atoms with E-state index < -0.39 is 0 Å². The Labute approximate surface area is 194 Å². The van der Waals surface area contributed by atoms with Crippen molar-refractivity contribution in [2.24, 2.45) is 34.5 Å². The molecule has 4 saturated carbocycles. The Balaban J connectivity index is 0.000000757. The Hall–Kier alpha value is 0.0500. The first-order valence-electron chi connectivity index (χ1n) is 13.2. The summed E-state index contributed by atoms with van der Waals surface area (Å²) in [4.78, 5) is -0.326. The van der Waals surface area contributed by atoms with E-state index >= 15 is 0 Å². The van der Waals surface area contributed by atoms with Gasteiger partial charge in [-0.3, -0.25) is 0 Å². The summed E-state index contributed by atoms with van der Waals surface area (Å²) in [7, 11) is 0. The Morgan fingerprint density at radius 2 is 1.63 bits per heavy atom. The van der Waals surface area contributed by atoms with E-state index in [0.717, 1.165) is 23.7 Å². The second kappa shape index (κ2) is 10.3. The first kappa shape index (κ1) is 26.3. The number of hydrogen-bond donors (Lipinski definition) is 1. The fraction of sp³-hybridized carbons (Fsp3) is 0.929. The molecule has 4 rings (SSSR count). The lowest BCUT2D eigenvalue weighted by atomic mass is 9.44. The third-order valence-corrected chi connectivity index (χ3v) is 9.32. The van der Waals surface area contributed by atoms with Crippen molar-refractivity contribution in [3.05, 3.63) is 11.6 Å². The van der Waals surface area contributed by atoms with Gasteiger partial charge in [0, 0.05) is 0 Å². The van der Waals surface area contributed by atoms with Gasteiger partial charge >= 0.3 is 0 Å². The molecule has 0 aromatic carbocycles. The van der Waals surface area contributed by atoms with Crippen molar-refractivity contribution < 1.29 is 4.74 Å². The number of allylic oxidation sites excluding steroid dienone is 2. The standard InChI is InChI=1S/C24H40OS.2C2H6/c1-6-16-10-11-18-21-19(12-14-24(16,18)5)23(4)13-8-7-9-17(23)15-20(21)25-22(2,3)26;2*1-2/h6,17-21,26H,7-15H2,1-5H3;2*1-2H3/b16-6+;;. The molecule has 0 spiro atoms. The molecule has 0 amide bonds.